The average Bonchev–Trinajstić information content (AvgIpc) is 2.24. The molecule has 1 atom stereocenters. The molecule has 0 radical (unpaired) electrons. The number of halogens is 1. The number of hydrogen-bond donors (Lipinski definition) is 2. The number of aliphatic hydroxyl groups is 1. The predicted octanol–water partition coefficient (Wildman–Crippen LogP) is 1.78. The van der Waals surface area contributed by atoms with Gasteiger partial charge in [0.1, 0.15) is 0 Å². The van der Waals surface area contributed by atoms with Crippen molar-refractivity contribution >= 4 is 11.6 Å². The van der Waals surface area contributed by atoms with E-state index in [1.54, 1.807) is 26.2 Å². The van der Waals surface area contributed by atoms with Gasteiger partial charge in [-0.25, -0.2) is 0 Å². The van der Waals surface area contributed by atoms with E-state index in [1.165, 1.54) is 0 Å². The first-order chi connectivity index (χ1) is 7.56. The lowest BCUT2D eigenvalue weighted by molar-refractivity contribution is 0.0550. The van der Waals surface area contributed by atoms with E-state index >= 15 is 0 Å². The molecule has 0 aliphatic heterocycles. The van der Waals surface area contributed by atoms with E-state index < -0.39 is 5.60 Å². The van der Waals surface area contributed by atoms with Crippen molar-refractivity contribution in [3.8, 4) is 0 Å². The molecule has 1 rings (SSSR count). The van der Waals surface area contributed by atoms with E-state index in [4.69, 9.17) is 16.3 Å². The van der Waals surface area contributed by atoms with Crippen LogP contribution in [0.2, 0.25) is 5.02 Å². The van der Waals surface area contributed by atoms with Crippen molar-refractivity contribution in [2.75, 3.05) is 26.8 Å². The van der Waals surface area contributed by atoms with Crippen LogP contribution in [0.5, 0.6) is 0 Å². The number of methoxy groups -OCH3 is 1. The Morgan fingerprint density at radius 3 is 2.88 bits per heavy atom. The number of nitrogens with one attached hydrogen (secondary N) is 1. The largest absolute Gasteiger partial charge is 0.384 e. The molecule has 0 aromatic heterocycles. The van der Waals surface area contributed by atoms with Crippen molar-refractivity contribution in [1.82, 2.24) is 5.32 Å². The van der Waals surface area contributed by atoms with Gasteiger partial charge in [-0.3, -0.25) is 0 Å². The summed E-state index contributed by atoms with van der Waals surface area (Å²) in [6.07, 6.45) is 0. The first-order valence-electron chi connectivity index (χ1n) is 5.24. The van der Waals surface area contributed by atoms with Gasteiger partial charge >= 0.3 is 0 Å². The minimum Gasteiger partial charge on any atom is -0.384 e. The minimum absolute atomic E-state index is 0.469. The third-order valence-corrected chi connectivity index (χ3v) is 2.63. The molecule has 0 bridgehead atoms. The van der Waals surface area contributed by atoms with Crippen LogP contribution in [0.3, 0.4) is 0 Å². The molecule has 0 fully saturated rings. The summed E-state index contributed by atoms with van der Waals surface area (Å²) in [5, 5.41) is 14.0. The lowest BCUT2D eigenvalue weighted by Gasteiger charge is -2.24. The van der Waals surface area contributed by atoms with E-state index in [2.05, 4.69) is 5.32 Å². The molecule has 16 heavy (non-hydrogen) atoms. The fraction of sp³-hybridized carbons (Fsp3) is 0.500. The SMILES string of the molecule is COCCNCC(C)(O)c1cccc(Cl)c1. The van der Waals surface area contributed by atoms with Crippen LogP contribution in [0, 0.1) is 0 Å². The molecule has 0 aliphatic carbocycles. The van der Waals surface area contributed by atoms with Gasteiger partial charge in [0, 0.05) is 25.2 Å². The molecule has 1 unspecified atom stereocenters. The Morgan fingerprint density at radius 2 is 2.25 bits per heavy atom. The highest BCUT2D eigenvalue weighted by molar-refractivity contribution is 6.30. The van der Waals surface area contributed by atoms with E-state index in [1.807, 2.05) is 12.1 Å². The van der Waals surface area contributed by atoms with Crippen LogP contribution >= 0.6 is 11.6 Å². The van der Waals surface area contributed by atoms with Crippen molar-refractivity contribution in [2.45, 2.75) is 12.5 Å². The number of rotatable bonds is 6. The molecule has 0 heterocycles. The molecule has 90 valence electrons. The van der Waals surface area contributed by atoms with Crippen molar-refractivity contribution in [2.24, 2.45) is 0 Å². The number of ether oxygens (including phenoxy) is 1. The first-order valence-corrected chi connectivity index (χ1v) is 5.62. The molecule has 0 spiro atoms. The number of hydrogen-bond acceptors (Lipinski definition) is 3. The predicted molar refractivity (Wildman–Crippen MR) is 65.8 cm³/mol. The van der Waals surface area contributed by atoms with Gasteiger partial charge in [-0.15, -0.1) is 0 Å². The van der Waals surface area contributed by atoms with Gasteiger partial charge in [0.25, 0.3) is 0 Å². The van der Waals surface area contributed by atoms with Crippen LogP contribution in [0.4, 0.5) is 0 Å². The molecule has 1 aromatic rings. The quantitative estimate of drug-likeness (QED) is 0.749. The summed E-state index contributed by atoms with van der Waals surface area (Å²) >= 11 is 5.88. The molecule has 1 aromatic carbocycles. The Labute approximate surface area is 101 Å². The summed E-state index contributed by atoms with van der Waals surface area (Å²) in [4.78, 5) is 0. The zero-order valence-corrected chi connectivity index (χ0v) is 10.4. The van der Waals surface area contributed by atoms with Crippen LogP contribution < -0.4 is 5.32 Å². The fourth-order valence-corrected chi connectivity index (χ4v) is 1.62. The van der Waals surface area contributed by atoms with Crippen molar-refractivity contribution in [3.63, 3.8) is 0 Å². The van der Waals surface area contributed by atoms with Crippen molar-refractivity contribution in [3.05, 3.63) is 34.9 Å². The number of benzene rings is 1. The Kier molecular flexibility index (Phi) is 5.22. The lowest BCUT2D eigenvalue weighted by Crippen LogP contribution is -2.36. The highest BCUT2D eigenvalue weighted by atomic mass is 35.5. The molecular weight excluding hydrogens is 226 g/mol. The standard InChI is InChI=1S/C12H18ClNO2/c1-12(15,9-14-6-7-16-2)10-4-3-5-11(13)8-10/h3-5,8,14-15H,6-7,9H2,1-2H3. The Balaban J connectivity index is 2.55. The second-order valence-electron chi connectivity index (χ2n) is 3.95. The van der Waals surface area contributed by atoms with E-state index in [-0.39, 0.29) is 0 Å². The van der Waals surface area contributed by atoms with Crippen LogP contribution in [0.15, 0.2) is 24.3 Å². The van der Waals surface area contributed by atoms with Gasteiger partial charge in [-0.05, 0) is 24.6 Å². The maximum Gasteiger partial charge on any atom is 0.0992 e. The van der Waals surface area contributed by atoms with Crippen LogP contribution in [0.25, 0.3) is 0 Å². The normalized spacial score (nSPS) is 14.8. The molecule has 3 nitrogen and oxygen atoms in total. The van der Waals surface area contributed by atoms with E-state index in [9.17, 15) is 5.11 Å². The molecule has 0 aliphatic rings. The monoisotopic (exact) mass is 243 g/mol. The summed E-state index contributed by atoms with van der Waals surface area (Å²) in [5.41, 5.74) is -0.108. The molecular formula is C12H18ClNO2. The highest BCUT2D eigenvalue weighted by Gasteiger charge is 2.22. The van der Waals surface area contributed by atoms with Crippen LogP contribution in [-0.4, -0.2) is 31.9 Å². The molecule has 0 saturated carbocycles. The molecule has 4 heteroatoms. The first kappa shape index (κ1) is 13.5. The zero-order chi connectivity index (χ0) is 12.0. The summed E-state index contributed by atoms with van der Waals surface area (Å²) < 4.78 is 4.92. The van der Waals surface area contributed by atoms with Gasteiger partial charge in [0.15, 0.2) is 0 Å². The topological polar surface area (TPSA) is 41.5 Å². The van der Waals surface area contributed by atoms with E-state index in [0.717, 1.165) is 5.56 Å². The van der Waals surface area contributed by atoms with Crippen LogP contribution in [0.1, 0.15) is 12.5 Å². The van der Waals surface area contributed by atoms with Gasteiger partial charge in [-0.1, -0.05) is 23.7 Å². The highest BCUT2D eigenvalue weighted by Crippen LogP contribution is 2.22. The second-order valence-corrected chi connectivity index (χ2v) is 4.39. The third kappa shape index (κ3) is 4.10. The molecule has 0 amide bonds. The second kappa shape index (κ2) is 6.21. The smallest absolute Gasteiger partial charge is 0.0992 e. The maximum absolute atomic E-state index is 10.2. The summed E-state index contributed by atoms with van der Waals surface area (Å²) in [5.74, 6) is 0. The Bertz CT molecular complexity index is 329. The fourth-order valence-electron chi connectivity index (χ4n) is 1.43. The Hall–Kier alpha value is -0.610. The van der Waals surface area contributed by atoms with Gasteiger partial charge in [0.2, 0.25) is 0 Å². The maximum atomic E-state index is 10.2. The zero-order valence-electron chi connectivity index (χ0n) is 9.66. The summed E-state index contributed by atoms with van der Waals surface area (Å²) in [6.45, 7) is 3.58. The Morgan fingerprint density at radius 1 is 1.50 bits per heavy atom. The van der Waals surface area contributed by atoms with Crippen LogP contribution in [-0.2, 0) is 10.3 Å². The third-order valence-electron chi connectivity index (χ3n) is 2.40. The molecule has 2 N–H and O–H groups in total. The minimum atomic E-state index is -0.918. The summed E-state index contributed by atoms with van der Waals surface area (Å²) in [6, 6.07) is 7.27. The average molecular weight is 244 g/mol. The van der Waals surface area contributed by atoms with Gasteiger partial charge in [-0.2, -0.15) is 0 Å². The lowest BCUT2D eigenvalue weighted by atomic mass is 9.96. The van der Waals surface area contributed by atoms with Gasteiger partial charge < -0.3 is 15.2 Å². The summed E-state index contributed by atoms with van der Waals surface area (Å²) in [7, 11) is 1.65. The van der Waals surface area contributed by atoms with Crippen molar-refractivity contribution < 1.29 is 9.84 Å². The molecule has 0 saturated heterocycles. The van der Waals surface area contributed by atoms with Crippen molar-refractivity contribution in [1.29, 1.82) is 0 Å². The van der Waals surface area contributed by atoms with Gasteiger partial charge in [0.05, 0.1) is 12.2 Å². The van der Waals surface area contributed by atoms with E-state index in [0.29, 0.717) is 24.7 Å².